The molecule has 0 aliphatic rings. The van der Waals surface area contributed by atoms with E-state index in [0.717, 1.165) is 28.3 Å². The van der Waals surface area contributed by atoms with E-state index in [1.807, 2.05) is 60.4 Å². The van der Waals surface area contributed by atoms with E-state index in [-0.39, 0.29) is 5.78 Å². The van der Waals surface area contributed by atoms with Gasteiger partial charge in [0.25, 0.3) is 0 Å². The van der Waals surface area contributed by atoms with Crippen molar-refractivity contribution in [1.29, 1.82) is 0 Å². The molecule has 3 rings (SSSR count). The molecule has 0 amide bonds. The molecule has 0 N–H and O–H groups in total. The normalized spacial score (nSPS) is 11.0. The van der Waals surface area contributed by atoms with Gasteiger partial charge in [-0.05, 0) is 44.2 Å². The molecule has 0 unspecified atom stereocenters. The number of Topliss-reactive ketones (excluding diaryl/α,β-unsaturated/α-hetero) is 1. The van der Waals surface area contributed by atoms with E-state index >= 15 is 0 Å². The summed E-state index contributed by atoms with van der Waals surface area (Å²) in [6, 6.07) is 9.39. The fraction of sp³-hybridized carbons (Fsp3) is 0.250. The molecule has 3 aromatic rings. The number of aryl methyl sites for hydroxylation is 1. The molecule has 5 nitrogen and oxygen atoms in total. The maximum Gasteiger partial charge on any atom is 0.192 e. The topological polar surface area (TPSA) is 52.7 Å². The minimum atomic E-state index is 0.0856. The Labute approximate surface area is 168 Å². The molecule has 0 aliphatic heterocycles. The highest BCUT2D eigenvalue weighted by atomic mass is 35.5. The van der Waals surface area contributed by atoms with Gasteiger partial charge in [-0.15, -0.1) is 16.8 Å². The minimum Gasteiger partial charge on any atom is -0.351 e. The Morgan fingerprint density at radius 2 is 1.96 bits per heavy atom. The summed E-state index contributed by atoms with van der Waals surface area (Å²) in [7, 11) is 1.97. The first-order valence-corrected chi connectivity index (χ1v) is 9.87. The molecule has 27 heavy (non-hydrogen) atoms. The summed E-state index contributed by atoms with van der Waals surface area (Å²) in [4.78, 5) is 12.7. The molecule has 2 aromatic heterocycles. The second-order valence-electron chi connectivity index (χ2n) is 6.27. The zero-order valence-corrected chi connectivity index (χ0v) is 17.1. The van der Waals surface area contributed by atoms with Crippen LogP contribution in [0.2, 0.25) is 5.02 Å². The third-order valence-corrected chi connectivity index (χ3v) is 5.76. The fourth-order valence-electron chi connectivity index (χ4n) is 2.85. The summed E-state index contributed by atoms with van der Waals surface area (Å²) in [5, 5.41) is 9.95. The van der Waals surface area contributed by atoms with E-state index in [4.69, 9.17) is 11.6 Å². The number of allylic oxidation sites excluding steroid dienone is 1. The number of halogens is 1. The first-order chi connectivity index (χ1) is 12.9. The Kier molecular flexibility index (Phi) is 5.87. The van der Waals surface area contributed by atoms with Gasteiger partial charge >= 0.3 is 0 Å². The third kappa shape index (κ3) is 4.01. The Bertz CT molecular complexity index is 988. The average Bonchev–Trinajstić information content (AvgIpc) is 3.17. The van der Waals surface area contributed by atoms with Gasteiger partial charge in [-0.1, -0.05) is 29.4 Å². The molecule has 140 valence electrons. The van der Waals surface area contributed by atoms with Gasteiger partial charge in [-0.2, -0.15) is 0 Å². The molecular weight excluding hydrogens is 380 g/mol. The lowest BCUT2D eigenvalue weighted by Gasteiger charge is -2.08. The average molecular weight is 401 g/mol. The number of benzene rings is 1. The number of carbonyl (C=O) groups is 1. The van der Waals surface area contributed by atoms with Gasteiger partial charge in [-0.3, -0.25) is 9.36 Å². The molecule has 1 aromatic carbocycles. The van der Waals surface area contributed by atoms with Gasteiger partial charge in [0.15, 0.2) is 16.8 Å². The second kappa shape index (κ2) is 8.15. The second-order valence-corrected chi connectivity index (χ2v) is 7.65. The van der Waals surface area contributed by atoms with E-state index in [2.05, 4.69) is 16.8 Å². The fourth-order valence-corrected chi connectivity index (χ4v) is 3.80. The molecule has 0 fully saturated rings. The van der Waals surface area contributed by atoms with Crippen molar-refractivity contribution in [3.63, 3.8) is 0 Å². The van der Waals surface area contributed by atoms with Crippen LogP contribution in [-0.2, 0) is 13.6 Å². The molecule has 2 heterocycles. The maximum atomic E-state index is 12.7. The Balaban J connectivity index is 1.82. The van der Waals surface area contributed by atoms with Crippen LogP contribution in [0.1, 0.15) is 21.7 Å². The first-order valence-electron chi connectivity index (χ1n) is 8.51. The third-order valence-electron chi connectivity index (χ3n) is 4.54. The van der Waals surface area contributed by atoms with Gasteiger partial charge in [0.2, 0.25) is 0 Å². The predicted molar refractivity (Wildman–Crippen MR) is 111 cm³/mol. The Morgan fingerprint density at radius 1 is 1.26 bits per heavy atom. The van der Waals surface area contributed by atoms with E-state index in [1.54, 1.807) is 6.08 Å². The van der Waals surface area contributed by atoms with Crippen LogP contribution in [0, 0.1) is 13.8 Å². The van der Waals surface area contributed by atoms with E-state index in [9.17, 15) is 4.79 Å². The number of carbonyl (C=O) groups excluding carboxylic acids is 1. The molecule has 0 spiro atoms. The zero-order valence-electron chi connectivity index (χ0n) is 15.6. The summed E-state index contributed by atoms with van der Waals surface area (Å²) in [5.74, 6) is 1.12. The van der Waals surface area contributed by atoms with Gasteiger partial charge in [0.05, 0.1) is 5.75 Å². The van der Waals surface area contributed by atoms with Gasteiger partial charge < -0.3 is 4.57 Å². The van der Waals surface area contributed by atoms with Crippen LogP contribution in [0.4, 0.5) is 0 Å². The van der Waals surface area contributed by atoms with Crippen molar-refractivity contribution in [2.75, 3.05) is 5.75 Å². The van der Waals surface area contributed by atoms with Crippen molar-refractivity contribution in [1.82, 2.24) is 19.3 Å². The first kappa shape index (κ1) is 19.5. The number of hydrogen-bond acceptors (Lipinski definition) is 4. The van der Waals surface area contributed by atoms with Crippen LogP contribution in [0.25, 0.3) is 11.4 Å². The van der Waals surface area contributed by atoms with Crippen molar-refractivity contribution >= 4 is 29.1 Å². The van der Waals surface area contributed by atoms with Crippen LogP contribution in [0.5, 0.6) is 0 Å². The lowest BCUT2D eigenvalue weighted by atomic mass is 10.2. The lowest BCUT2D eigenvalue weighted by molar-refractivity contribution is 0.102. The standard InChI is InChI=1S/C20H21ClN4OS/c1-5-10-25-19(15-6-8-16(21)9-7-15)22-23-20(25)27-12-18(26)17-11-13(2)24(4)14(17)3/h5-9,11H,1,10,12H2,2-4H3. The van der Waals surface area contributed by atoms with Crippen LogP contribution < -0.4 is 0 Å². The van der Waals surface area contributed by atoms with Crippen molar-refractivity contribution in [2.24, 2.45) is 7.05 Å². The maximum absolute atomic E-state index is 12.7. The number of nitrogens with zero attached hydrogens (tertiary/aromatic N) is 4. The minimum absolute atomic E-state index is 0.0856. The summed E-state index contributed by atoms with van der Waals surface area (Å²) < 4.78 is 3.98. The van der Waals surface area contributed by atoms with Gasteiger partial charge in [0, 0.05) is 41.1 Å². The van der Waals surface area contributed by atoms with Crippen LogP contribution >= 0.6 is 23.4 Å². The largest absolute Gasteiger partial charge is 0.351 e. The molecule has 0 radical (unpaired) electrons. The number of thioether (sulfide) groups is 1. The highest BCUT2D eigenvalue weighted by molar-refractivity contribution is 7.99. The molecule has 0 saturated carbocycles. The monoisotopic (exact) mass is 400 g/mol. The van der Waals surface area contributed by atoms with Gasteiger partial charge in [0.1, 0.15) is 0 Å². The number of hydrogen-bond donors (Lipinski definition) is 0. The number of rotatable bonds is 7. The number of ketones is 1. The van der Waals surface area contributed by atoms with Crippen LogP contribution in [0.3, 0.4) is 0 Å². The van der Waals surface area contributed by atoms with Crippen molar-refractivity contribution in [3.8, 4) is 11.4 Å². The SMILES string of the molecule is C=CCn1c(SCC(=O)c2cc(C)n(C)c2C)nnc1-c1ccc(Cl)cc1. The Morgan fingerprint density at radius 3 is 2.56 bits per heavy atom. The summed E-state index contributed by atoms with van der Waals surface area (Å²) in [6.07, 6.45) is 1.79. The van der Waals surface area contributed by atoms with Crippen molar-refractivity contribution in [2.45, 2.75) is 25.5 Å². The highest BCUT2D eigenvalue weighted by Crippen LogP contribution is 2.26. The summed E-state index contributed by atoms with van der Waals surface area (Å²) in [6.45, 7) is 8.33. The van der Waals surface area contributed by atoms with E-state index < -0.39 is 0 Å². The summed E-state index contributed by atoms with van der Waals surface area (Å²) in [5.41, 5.74) is 3.73. The van der Waals surface area contributed by atoms with Crippen molar-refractivity contribution in [3.05, 3.63) is 65.0 Å². The van der Waals surface area contributed by atoms with Crippen LogP contribution in [0.15, 0.2) is 48.1 Å². The molecule has 0 aliphatic carbocycles. The van der Waals surface area contributed by atoms with Crippen molar-refractivity contribution < 1.29 is 4.79 Å². The zero-order chi connectivity index (χ0) is 19.6. The van der Waals surface area contributed by atoms with E-state index in [1.165, 1.54) is 11.8 Å². The van der Waals surface area contributed by atoms with E-state index in [0.29, 0.717) is 22.5 Å². The predicted octanol–water partition coefficient (Wildman–Crippen LogP) is 4.71. The quantitative estimate of drug-likeness (QED) is 0.327. The molecule has 0 bridgehead atoms. The Hall–Kier alpha value is -2.31. The van der Waals surface area contributed by atoms with Gasteiger partial charge in [-0.25, -0.2) is 0 Å². The summed E-state index contributed by atoms with van der Waals surface area (Å²) >= 11 is 7.36. The smallest absolute Gasteiger partial charge is 0.192 e. The van der Waals surface area contributed by atoms with Crippen LogP contribution in [-0.4, -0.2) is 30.9 Å². The highest BCUT2D eigenvalue weighted by Gasteiger charge is 2.18. The molecule has 0 atom stereocenters. The number of aromatic nitrogens is 4. The lowest BCUT2D eigenvalue weighted by Crippen LogP contribution is -2.06. The molecule has 0 saturated heterocycles. The molecule has 7 heteroatoms. The molecular formula is C20H21ClN4OS.